The van der Waals surface area contributed by atoms with Crippen molar-refractivity contribution in [2.75, 3.05) is 0 Å². The van der Waals surface area contributed by atoms with Crippen LogP contribution < -0.4 is 4.52 Å². The summed E-state index contributed by atoms with van der Waals surface area (Å²) < 4.78 is 4.92. The van der Waals surface area contributed by atoms with Crippen LogP contribution >= 0.6 is 9.03 Å². The topological polar surface area (TPSA) is 29.5 Å². The highest BCUT2D eigenvalue weighted by atomic mass is 31.1. The Morgan fingerprint density at radius 2 is 2.10 bits per heavy atom. The zero-order valence-corrected chi connectivity index (χ0v) is 6.66. The SMILES string of the molecule is Cc1ccccc1OPO. The number of aryl methyl sites for hydroxylation is 1. The Labute approximate surface area is 61.8 Å². The van der Waals surface area contributed by atoms with Gasteiger partial charge in [-0.15, -0.1) is 0 Å². The lowest BCUT2D eigenvalue weighted by atomic mass is 10.2. The van der Waals surface area contributed by atoms with Crippen molar-refractivity contribution in [3.05, 3.63) is 29.8 Å². The maximum Gasteiger partial charge on any atom is 0.212 e. The molecule has 0 aliphatic carbocycles. The largest absolute Gasteiger partial charge is 0.450 e. The van der Waals surface area contributed by atoms with Crippen LogP contribution in [0.4, 0.5) is 0 Å². The predicted octanol–water partition coefficient (Wildman–Crippen LogP) is 1.87. The molecule has 54 valence electrons. The lowest BCUT2D eigenvalue weighted by Gasteiger charge is -2.02. The second-order valence-corrected chi connectivity index (χ2v) is 2.35. The van der Waals surface area contributed by atoms with Crippen LogP contribution in [-0.2, 0) is 0 Å². The zero-order valence-electron chi connectivity index (χ0n) is 5.66. The fourth-order valence-corrected chi connectivity index (χ4v) is 1.05. The third kappa shape index (κ3) is 1.69. The van der Waals surface area contributed by atoms with Gasteiger partial charge in [0, 0.05) is 0 Å². The average Bonchev–Trinajstić information content (AvgIpc) is 1.94. The average molecular weight is 156 g/mol. The van der Waals surface area contributed by atoms with E-state index in [1.807, 2.05) is 31.2 Å². The van der Waals surface area contributed by atoms with E-state index in [0.717, 1.165) is 11.3 Å². The summed E-state index contributed by atoms with van der Waals surface area (Å²) in [5.74, 6) is 0.753. The fourth-order valence-electron chi connectivity index (χ4n) is 0.720. The zero-order chi connectivity index (χ0) is 7.40. The number of hydrogen-bond acceptors (Lipinski definition) is 2. The molecule has 0 radical (unpaired) electrons. The molecule has 0 bridgehead atoms. The van der Waals surface area contributed by atoms with Gasteiger partial charge in [0.05, 0.1) is 0 Å². The second-order valence-electron chi connectivity index (χ2n) is 1.96. The first-order valence-corrected chi connectivity index (χ1v) is 3.81. The molecular weight excluding hydrogens is 147 g/mol. The van der Waals surface area contributed by atoms with E-state index in [4.69, 9.17) is 9.42 Å². The van der Waals surface area contributed by atoms with Crippen molar-refractivity contribution in [3.8, 4) is 5.75 Å². The van der Waals surface area contributed by atoms with Crippen molar-refractivity contribution in [1.82, 2.24) is 0 Å². The second kappa shape index (κ2) is 3.55. The molecule has 1 N–H and O–H groups in total. The summed E-state index contributed by atoms with van der Waals surface area (Å²) in [4.78, 5) is 8.45. The molecule has 1 aromatic carbocycles. The van der Waals surface area contributed by atoms with Crippen LogP contribution in [0.1, 0.15) is 5.56 Å². The molecule has 0 aliphatic rings. The summed E-state index contributed by atoms with van der Waals surface area (Å²) in [5.41, 5.74) is 1.05. The van der Waals surface area contributed by atoms with Gasteiger partial charge in [-0.1, -0.05) is 18.2 Å². The standard InChI is InChI=1S/C7H9O2P/c1-6-4-2-3-5-7(6)9-10-8/h2-5,8,10H,1H3. The van der Waals surface area contributed by atoms with Crippen LogP contribution in [-0.4, -0.2) is 4.89 Å². The molecule has 0 aliphatic heterocycles. The minimum atomic E-state index is -0.468. The molecule has 0 saturated heterocycles. The first kappa shape index (κ1) is 7.52. The van der Waals surface area contributed by atoms with Crippen LogP contribution in [0, 0.1) is 6.92 Å². The van der Waals surface area contributed by atoms with E-state index in [1.54, 1.807) is 0 Å². The summed E-state index contributed by atoms with van der Waals surface area (Å²) in [5, 5.41) is 0. The summed E-state index contributed by atoms with van der Waals surface area (Å²) in [6.45, 7) is 1.94. The Morgan fingerprint density at radius 1 is 1.40 bits per heavy atom. The van der Waals surface area contributed by atoms with Crippen molar-refractivity contribution in [2.45, 2.75) is 6.92 Å². The van der Waals surface area contributed by atoms with Crippen LogP contribution in [0.25, 0.3) is 0 Å². The number of benzene rings is 1. The van der Waals surface area contributed by atoms with E-state index in [-0.39, 0.29) is 0 Å². The molecule has 10 heavy (non-hydrogen) atoms. The van der Waals surface area contributed by atoms with E-state index in [0.29, 0.717) is 0 Å². The molecule has 1 aromatic rings. The molecule has 0 fully saturated rings. The highest BCUT2D eigenvalue weighted by Crippen LogP contribution is 2.21. The normalized spacial score (nSPS) is 10.6. The summed E-state index contributed by atoms with van der Waals surface area (Å²) in [7, 11) is -0.468. The molecule has 3 heteroatoms. The maximum atomic E-state index is 8.45. The molecule has 1 unspecified atom stereocenters. The number of para-hydroxylation sites is 1. The van der Waals surface area contributed by atoms with Crippen molar-refractivity contribution in [2.24, 2.45) is 0 Å². The maximum absolute atomic E-state index is 8.45. The van der Waals surface area contributed by atoms with Crippen molar-refractivity contribution in [1.29, 1.82) is 0 Å². The Kier molecular flexibility index (Phi) is 2.67. The van der Waals surface area contributed by atoms with Gasteiger partial charge >= 0.3 is 0 Å². The highest BCUT2D eigenvalue weighted by Gasteiger charge is 1.94. The number of hydrogen-bond donors (Lipinski definition) is 1. The van der Waals surface area contributed by atoms with E-state index >= 15 is 0 Å². The first-order valence-electron chi connectivity index (χ1n) is 2.96. The molecule has 0 heterocycles. The van der Waals surface area contributed by atoms with Crippen LogP contribution in [0.2, 0.25) is 0 Å². The third-order valence-electron chi connectivity index (χ3n) is 1.25. The smallest absolute Gasteiger partial charge is 0.212 e. The van der Waals surface area contributed by atoms with Gasteiger partial charge in [0.1, 0.15) is 5.75 Å². The molecule has 0 amide bonds. The van der Waals surface area contributed by atoms with Gasteiger partial charge in [-0.25, -0.2) is 0 Å². The van der Waals surface area contributed by atoms with E-state index in [1.165, 1.54) is 0 Å². The molecular formula is C7H9O2P. The summed E-state index contributed by atoms with van der Waals surface area (Å²) >= 11 is 0. The van der Waals surface area contributed by atoms with E-state index < -0.39 is 9.03 Å². The minimum Gasteiger partial charge on any atom is -0.450 e. The minimum absolute atomic E-state index is 0.468. The van der Waals surface area contributed by atoms with Gasteiger partial charge in [-0.05, 0) is 18.6 Å². The Hall–Kier alpha value is -0.590. The molecule has 0 spiro atoms. The van der Waals surface area contributed by atoms with Crippen molar-refractivity contribution in [3.63, 3.8) is 0 Å². The van der Waals surface area contributed by atoms with E-state index in [9.17, 15) is 0 Å². The predicted molar refractivity (Wildman–Crippen MR) is 42.3 cm³/mol. The Bertz CT molecular complexity index is 213. The lowest BCUT2D eigenvalue weighted by Crippen LogP contribution is -1.80. The van der Waals surface area contributed by atoms with Gasteiger partial charge in [0.15, 0.2) is 0 Å². The van der Waals surface area contributed by atoms with E-state index in [2.05, 4.69) is 0 Å². The Morgan fingerprint density at radius 3 is 2.70 bits per heavy atom. The summed E-state index contributed by atoms with van der Waals surface area (Å²) in [6.07, 6.45) is 0. The monoisotopic (exact) mass is 156 g/mol. The first-order chi connectivity index (χ1) is 4.84. The van der Waals surface area contributed by atoms with Crippen LogP contribution in [0.15, 0.2) is 24.3 Å². The van der Waals surface area contributed by atoms with Crippen molar-refractivity contribution >= 4 is 9.03 Å². The highest BCUT2D eigenvalue weighted by molar-refractivity contribution is 7.25. The van der Waals surface area contributed by atoms with Gasteiger partial charge < -0.3 is 9.42 Å². The lowest BCUT2D eigenvalue weighted by molar-refractivity contribution is 0.512. The Balaban J connectivity index is 2.81. The molecule has 0 aromatic heterocycles. The van der Waals surface area contributed by atoms with Gasteiger partial charge in [-0.3, -0.25) is 0 Å². The van der Waals surface area contributed by atoms with Gasteiger partial charge in [-0.2, -0.15) is 0 Å². The molecule has 1 atom stereocenters. The van der Waals surface area contributed by atoms with Crippen molar-refractivity contribution < 1.29 is 9.42 Å². The molecule has 0 saturated carbocycles. The quantitative estimate of drug-likeness (QED) is 0.662. The van der Waals surface area contributed by atoms with Crippen LogP contribution in [0.3, 0.4) is 0 Å². The third-order valence-corrected chi connectivity index (χ3v) is 1.56. The van der Waals surface area contributed by atoms with Crippen LogP contribution in [0.5, 0.6) is 5.75 Å². The number of rotatable bonds is 2. The summed E-state index contributed by atoms with van der Waals surface area (Å²) in [6, 6.07) is 7.58. The molecule has 1 rings (SSSR count). The fraction of sp³-hybridized carbons (Fsp3) is 0.143. The van der Waals surface area contributed by atoms with Gasteiger partial charge in [0.25, 0.3) is 0 Å². The molecule has 2 nitrogen and oxygen atoms in total. The van der Waals surface area contributed by atoms with Gasteiger partial charge in [0.2, 0.25) is 9.03 Å².